The van der Waals surface area contributed by atoms with Crippen LogP contribution < -0.4 is 0 Å². The van der Waals surface area contributed by atoms with Crippen LogP contribution in [0.15, 0.2) is 0 Å². The molecule has 0 saturated carbocycles. The molecular weight excluding hydrogens is 244 g/mol. The number of likely N-dealkylation sites (tertiary alicyclic amines) is 1. The molecule has 104 valence electrons. The van der Waals surface area contributed by atoms with Crippen LogP contribution in [0.3, 0.4) is 0 Å². The second-order valence-electron chi connectivity index (χ2n) is 4.77. The number of aliphatic hydroxyl groups is 1. The van der Waals surface area contributed by atoms with E-state index in [0.717, 1.165) is 19.5 Å². The maximum absolute atomic E-state index is 12.1. The third-order valence-corrected chi connectivity index (χ3v) is 3.33. The molecule has 1 unspecified atom stereocenters. The Hall–Kier alpha value is -1.63. The first kappa shape index (κ1) is 15.4. The van der Waals surface area contributed by atoms with Gasteiger partial charge in [-0.15, -0.1) is 0 Å². The Kier molecular flexibility index (Phi) is 6.88. The normalized spacial score (nSPS) is 18.8. The minimum Gasteiger partial charge on any atom is -0.396 e. The SMILES string of the molecule is N#CCCN(CCC#N)C(=O)CN1CCC(CO)C1. The van der Waals surface area contributed by atoms with E-state index in [2.05, 4.69) is 0 Å². The molecule has 1 aliphatic heterocycles. The van der Waals surface area contributed by atoms with Gasteiger partial charge >= 0.3 is 0 Å². The van der Waals surface area contributed by atoms with Gasteiger partial charge in [-0.05, 0) is 18.9 Å². The molecule has 0 aromatic rings. The lowest BCUT2D eigenvalue weighted by atomic mass is 10.1. The third kappa shape index (κ3) is 5.25. The van der Waals surface area contributed by atoms with Crippen molar-refractivity contribution in [1.82, 2.24) is 9.80 Å². The molecule has 0 bridgehead atoms. The van der Waals surface area contributed by atoms with Crippen LogP contribution in [0, 0.1) is 28.6 Å². The molecule has 1 aliphatic rings. The van der Waals surface area contributed by atoms with Crippen LogP contribution in [-0.4, -0.2) is 60.1 Å². The van der Waals surface area contributed by atoms with E-state index in [1.807, 2.05) is 17.0 Å². The van der Waals surface area contributed by atoms with Crippen molar-refractivity contribution in [2.75, 3.05) is 39.3 Å². The lowest BCUT2D eigenvalue weighted by molar-refractivity contribution is -0.132. The maximum Gasteiger partial charge on any atom is 0.236 e. The highest BCUT2D eigenvalue weighted by atomic mass is 16.3. The Bertz CT molecular complexity index is 354. The number of carbonyl (C=O) groups is 1. The minimum atomic E-state index is -0.0379. The highest BCUT2D eigenvalue weighted by molar-refractivity contribution is 5.78. The van der Waals surface area contributed by atoms with Crippen molar-refractivity contribution < 1.29 is 9.90 Å². The molecule has 19 heavy (non-hydrogen) atoms. The first-order chi connectivity index (χ1) is 9.21. The van der Waals surface area contributed by atoms with E-state index in [0.29, 0.717) is 19.6 Å². The van der Waals surface area contributed by atoms with Crippen molar-refractivity contribution >= 4 is 5.91 Å². The molecule has 6 heteroatoms. The van der Waals surface area contributed by atoms with Gasteiger partial charge in [-0.25, -0.2) is 0 Å². The van der Waals surface area contributed by atoms with Crippen LogP contribution in [0.25, 0.3) is 0 Å². The van der Waals surface area contributed by atoms with E-state index in [4.69, 9.17) is 15.6 Å². The standard InChI is InChI=1S/C13H20N4O2/c14-4-1-6-17(7-2-5-15)13(19)10-16-8-3-12(9-16)11-18/h12,18H,1-3,6-11H2. The molecule has 0 aromatic heterocycles. The summed E-state index contributed by atoms with van der Waals surface area (Å²) in [6.45, 7) is 2.81. The van der Waals surface area contributed by atoms with Gasteiger partial charge in [-0.3, -0.25) is 9.69 Å². The van der Waals surface area contributed by atoms with Gasteiger partial charge in [-0.1, -0.05) is 0 Å². The fourth-order valence-electron chi connectivity index (χ4n) is 2.23. The summed E-state index contributed by atoms with van der Waals surface area (Å²) in [6.07, 6.45) is 1.49. The number of hydrogen-bond donors (Lipinski definition) is 1. The summed E-state index contributed by atoms with van der Waals surface area (Å²) >= 11 is 0. The fourth-order valence-corrected chi connectivity index (χ4v) is 2.23. The Balaban J connectivity index is 2.43. The topological polar surface area (TPSA) is 91.4 Å². The van der Waals surface area contributed by atoms with Crippen molar-refractivity contribution in [2.24, 2.45) is 5.92 Å². The predicted molar refractivity (Wildman–Crippen MR) is 68.7 cm³/mol. The highest BCUT2D eigenvalue weighted by Gasteiger charge is 2.25. The van der Waals surface area contributed by atoms with Gasteiger partial charge in [-0.2, -0.15) is 10.5 Å². The summed E-state index contributed by atoms with van der Waals surface area (Å²) in [5.74, 6) is 0.226. The fraction of sp³-hybridized carbons (Fsp3) is 0.769. The van der Waals surface area contributed by atoms with Crippen molar-refractivity contribution in [3.63, 3.8) is 0 Å². The summed E-state index contributed by atoms with van der Waals surface area (Å²) in [5, 5.41) is 26.2. The minimum absolute atomic E-state index is 0.0379. The van der Waals surface area contributed by atoms with Crippen molar-refractivity contribution in [1.29, 1.82) is 10.5 Å². The summed E-state index contributed by atoms with van der Waals surface area (Å²) in [6, 6.07) is 4.03. The zero-order valence-electron chi connectivity index (χ0n) is 11.1. The van der Waals surface area contributed by atoms with E-state index < -0.39 is 0 Å². The van der Waals surface area contributed by atoms with Gasteiger partial charge in [0.05, 0.1) is 31.5 Å². The number of hydrogen-bond acceptors (Lipinski definition) is 5. The van der Waals surface area contributed by atoms with E-state index >= 15 is 0 Å². The van der Waals surface area contributed by atoms with Crippen LogP contribution in [0.2, 0.25) is 0 Å². The van der Waals surface area contributed by atoms with Crippen LogP contribution in [-0.2, 0) is 4.79 Å². The second kappa shape index (κ2) is 8.47. The molecule has 0 aromatic carbocycles. The Morgan fingerprint density at radius 1 is 1.32 bits per heavy atom. The van der Waals surface area contributed by atoms with Gasteiger partial charge in [0.2, 0.25) is 5.91 Å². The lowest BCUT2D eigenvalue weighted by Gasteiger charge is -2.23. The molecule has 1 amide bonds. The van der Waals surface area contributed by atoms with Gasteiger partial charge in [0, 0.05) is 26.2 Å². The first-order valence-corrected chi connectivity index (χ1v) is 6.56. The smallest absolute Gasteiger partial charge is 0.236 e. The molecule has 1 rings (SSSR count). The summed E-state index contributed by atoms with van der Waals surface area (Å²) in [5.41, 5.74) is 0. The summed E-state index contributed by atoms with van der Waals surface area (Å²) in [7, 11) is 0. The molecule has 1 N–H and O–H groups in total. The predicted octanol–water partition coefficient (Wildman–Crippen LogP) is -0.0434. The Morgan fingerprint density at radius 3 is 2.42 bits per heavy atom. The average Bonchev–Trinajstić information content (AvgIpc) is 2.86. The first-order valence-electron chi connectivity index (χ1n) is 6.56. The molecule has 6 nitrogen and oxygen atoms in total. The van der Waals surface area contributed by atoms with Crippen LogP contribution in [0.5, 0.6) is 0 Å². The van der Waals surface area contributed by atoms with Crippen molar-refractivity contribution in [2.45, 2.75) is 19.3 Å². The Morgan fingerprint density at radius 2 is 1.95 bits per heavy atom. The third-order valence-electron chi connectivity index (χ3n) is 3.33. The molecule has 1 heterocycles. The highest BCUT2D eigenvalue weighted by Crippen LogP contribution is 2.15. The van der Waals surface area contributed by atoms with Gasteiger partial charge in [0.25, 0.3) is 0 Å². The van der Waals surface area contributed by atoms with Crippen molar-refractivity contribution in [3.05, 3.63) is 0 Å². The number of amides is 1. The molecule has 1 fully saturated rings. The second-order valence-corrected chi connectivity index (χ2v) is 4.77. The molecule has 0 aliphatic carbocycles. The quantitative estimate of drug-likeness (QED) is 0.696. The lowest BCUT2D eigenvalue weighted by Crippen LogP contribution is -2.40. The van der Waals surface area contributed by atoms with Crippen LogP contribution >= 0.6 is 0 Å². The zero-order chi connectivity index (χ0) is 14.1. The number of nitrogens with zero attached hydrogens (tertiary/aromatic N) is 4. The van der Waals surface area contributed by atoms with Crippen LogP contribution in [0.4, 0.5) is 0 Å². The summed E-state index contributed by atoms with van der Waals surface area (Å²) < 4.78 is 0. The summed E-state index contributed by atoms with van der Waals surface area (Å²) in [4.78, 5) is 15.7. The van der Waals surface area contributed by atoms with Gasteiger partial charge in [0.1, 0.15) is 0 Å². The largest absolute Gasteiger partial charge is 0.396 e. The van der Waals surface area contributed by atoms with Gasteiger partial charge < -0.3 is 10.0 Å². The molecule has 1 atom stereocenters. The van der Waals surface area contributed by atoms with E-state index in [9.17, 15) is 4.79 Å². The average molecular weight is 264 g/mol. The number of aliphatic hydroxyl groups excluding tert-OH is 1. The maximum atomic E-state index is 12.1. The van der Waals surface area contributed by atoms with E-state index in [-0.39, 0.29) is 31.3 Å². The van der Waals surface area contributed by atoms with Gasteiger partial charge in [0.15, 0.2) is 0 Å². The van der Waals surface area contributed by atoms with Crippen LogP contribution in [0.1, 0.15) is 19.3 Å². The van der Waals surface area contributed by atoms with E-state index in [1.54, 1.807) is 4.90 Å². The zero-order valence-corrected chi connectivity index (χ0v) is 11.1. The van der Waals surface area contributed by atoms with E-state index in [1.165, 1.54) is 0 Å². The molecule has 0 spiro atoms. The monoisotopic (exact) mass is 264 g/mol. The Labute approximate surface area is 113 Å². The molecule has 1 saturated heterocycles. The number of nitriles is 2. The molecule has 0 radical (unpaired) electrons. The van der Waals surface area contributed by atoms with Crippen molar-refractivity contribution in [3.8, 4) is 12.1 Å². The number of carbonyl (C=O) groups excluding carboxylic acids is 1. The molecular formula is C13H20N4O2. The number of rotatable bonds is 7.